The second kappa shape index (κ2) is 19.9. The highest BCUT2D eigenvalue weighted by Crippen LogP contribution is 2.33. The molecule has 0 saturated carbocycles. The summed E-state index contributed by atoms with van der Waals surface area (Å²) >= 11 is 0. The number of carbonyl (C=O) groups excluding carboxylic acids is 1. The molecule has 0 N–H and O–H groups in total. The lowest BCUT2D eigenvalue weighted by Gasteiger charge is -2.15. The lowest BCUT2D eigenvalue weighted by molar-refractivity contribution is -0.148. The zero-order valence-corrected chi connectivity index (χ0v) is 26.5. The number of carbonyl (C=O) groups is 1. The van der Waals surface area contributed by atoms with Crippen LogP contribution in [0.1, 0.15) is 129 Å². The first-order chi connectivity index (χ1) is 20.6. The molecule has 0 fully saturated rings. The molecule has 0 aromatic heterocycles. The van der Waals surface area contributed by atoms with Crippen molar-refractivity contribution >= 4 is 5.97 Å². The zero-order chi connectivity index (χ0) is 29.8. The summed E-state index contributed by atoms with van der Waals surface area (Å²) in [6, 6.07) is 25.3. The van der Waals surface area contributed by atoms with Crippen LogP contribution in [-0.2, 0) is 9.53 Å². The van der Waals surface area contributed by atoms with Crippen LogP contribution in [0.25, 0.3) is 22.3 Å². The molecule has 0 aliphatic rings. The summed E-state index contributed by atoms with van der Waals surface area (Å²) in [5.74, 6) is 0.822. The van der Waals surface area contributed by atoms with Crippen LogP contribution in [-0.4, -0.2) is 12.6 Å². The van der Waals surface area contributed by atoms with Gasteiger partial charge in [-0.05, 0) is 59.7 Å². The molecular weight excluding hydrogens is 516 g/mol. The lowest BCUT2D eigenvalue weighted by atomic mass is 9.94. The molecule has 0 amide bonds. The smallest absolute Gasteiger partial charge is 0.306 e. The van der Waals surface area contributed by atoms with Crippen molar-refractivity contribution in [1.29, 1.82) is 0 Å². The van der Waals surface area contributed by atoms with Gasteiger partial charge in [-0.1, -0.05) is 152 Å². The maximum atomic E-state index is 12.5. The molecule has 0 bridgehead atoms. The Bertz CT molecular complexity index is 1130. The molecule has 0 aliphatic heterocycles. The van der Waals surface area contributed by atoms with Crippen molar-refractivity contribution in [2.24, 2.45) is 0 Å². The van der Waals surface area contributed by atoms with Crippen LogP contribution in [0.4, 0.5) is 0 Å². The normalized spacial score (nSPS) is 11.8. The van der Waals surface area contributed by atoms with Crippen LogP contribution in [0, 0.1) is 0 Å². The Hall–Kier alpha value is -3.07. The zero-order valence-electron chi connectivity index (χ0n) is 26.5. The molecule has 0 radical (unpaired) electrons. The van der Waals surface area contributed by atoms with Gasteiger partial charge in [0.1, 0.15) is 11.9 Å². The molecule has 0 aliphatic carbocycles. The van der Waals surface area contributed by atoms with Gasteiger partial charge in [-0.15, -0.1) is 0 Å². The largest absolute Gasteiger partial charge is 0.494 e. The van der Waals surface area contributed by atoms with Crippen molar-refractivity contribution in [3.8, 4) is 28.0 Å². The Labute approximate surface area is 256 Å². The van der Waals surface area contributed by atoms with Crippen LogP contribution >= 0.6 is 0 Å². The summed E-state index contributed by atoms with van der Waals surface area (Å²) in [5, 5.41) is 0. The lowest BCUT2D eigenvalue weighted by Crippen LogP contribution is -2.08. The van der Waals surface area contributed by atoms with Crippen molar-refractivity contribution in [2.75, 3.05) is 6.61 Å². The monoisotopic (exact) mass is 570 g/mol. The SMILES string of the molecule is CCCCCCCCCCCCCCC(=O)OC(C)c1ccc(-c2ccccc2-c2ccc(OCCCC)cc2)cc1. The summed E-state index contributed by atoms with van der Waals surface area (Å²) in [7, 11) is 0. The number of hydrogen-bond acceptors (Lipinski definition) is 3. The maximum absolute atomic E-state index is 12.5. The number of esters is 1. The topological polar surface area (TPSA) is 35.5 Å². The first-order valence-corrected chi connectivity index (χ1v) is 16.7. The Morgan fingerprint density at radius 3 is 1.60 bits per heavy atom. The molecule has 3 rings (SSSR count). The van der Waals surface area contributed by atoms with E-state index in [9.17, 15) is 4.79 Å². The maximum Gasteiger partial charge on any atom is 0.306 e. The van der Waals surface area contributed by atoms with E-state index in [0.717, 1.165) is 54.7 Å². The van der Waals surface area contributed by atoms with Crippen LogP contribution in [0.5, 0.6) is 5.75 Å². The molecule has 1 unspecified atom stereocenters. The van der Waals surface area contributed by atoms with E-state index in [1.54, 1.807) is 0 Å². The minimum absolute atomic E-state index is 0.0916. The van der Waals surface area contributed by atoms with E-state index in [1.807, 2.05) is 6.92 Å². The molecular formula is C39H54O3. The Kier molecular flexibility index (Phi) is 15.9. The molecule has 3 aromatic carbocycles. The van der Waals surface area contributed by atoms with Gasteiger partial charge in [-0.3, -0.25) is 4.79 Å². The number of benzene rings is 3. The van der Waals surface area contributed by atoms with Crippen LogP contribution in [0.15, 0.2) is 72.8 Å². The summed E-state index contributed by atoms with van der Waals surface area (Å²) in [4.78, 5) is 12.5. The third-order valence-corrected chi connectivity index (χ3v) is 8.09. The van der Waals surface area contributed by atoms with Crippen molar-refractivity contribution in [3.05, 3.63) is 78.4 Å². The highest BCUT2D eigenvalue weighted by Gasteiger charge is 2.13. The predicted molar refractivity (Wildman–Crippen MR) is 178 cm³/mol. The standard InChI is InChI=1S/C39H54O3/c1-4-6-8-9-10-11-12-13-14-15-16-17-22-39(40)42-32(3)33-23-25-34(26-24-33)37-20-18-19-21-38(37)35-27-29-36(30-28-35)41-31-7-5-2/h18-21,23-30,32H,4-17,22,31H2,1-3H3. The fraction of sp³-hybridized carbons (Fsp3) is 0.513. The highest BCUT2D eigenvalue weighted by molar-refractivity contribution is 5.83. The van der Waals surface area contributed by atoms with E-state index in [4.69, 9.17) is 9.47 Å². The molecule has 0 spiro atoms. The molecule has 228 valence electrons. The Morgan fingerprint density at radius 1 is 0.595 bits per heavy atom. The molecule has 0 heterocycles. The minimum atomic E-state index is -0.251. The fourth-order valence-electron chi connectivity index (χ4n) is 5.42. The highest BCUT2D eigenvalue weighted by atomic mass is 16.5. The van der Waals surface area contributed by atoms with E-state index < -0.39 is 0 Å². The van der Waals surface area contributed by atoms with Crippen LogP contribution in [0.2, 0.25) is 0 Å². The van der Waals surface area contributed by atoms with Gasteiger partial charge in [0, 0.05) is 6.42 Å². The van der Waals surface area contributed by atoms with Crippen LogP contribution in [0.3, 0.4) is 0 Å². The van der Waals surface area contributed by atoms with Crippen molar-refractivity contribution < 1.29 is 14.3 Å². The molecule has 42 heavy (non-hydrogen) atoms. The van der Waals surface area contributed by atoms with Gasteiger partial charge >= 0.3 is 5.97 Å². The quantitative estimate of drug-likeness (QED) is 0.0943. The summed E-state index contributed by atoms with van der Waals surface area (Å²) in [6.45, 7) is 7.16. The average Bonchev–Trinajstić information content (AvgIpc) is 3.02. The van der Waals surface area contributed by atoms with Gasteiger partial charge in [-0.25, -0.2) is 0 Å². The number of rotatable bonds is 21. The van der Waals surface area contributed by atoms with Gasteiger partial charge in [0.05, 0.1) is 6.61 Å². The Morgan fingerprint density at radius 2 is 1.07 bits per heavy atom. The summed E-state index contributed by atoms with van der Waals surface area (Å²) in [5.41, 5.74) is 5.70. The van der Waals surface area contributed by atoms with Crippen molar-refractivity contribution in [3.63, 3.8) is 0 Å². The minimum Gasteiger partial charge on any atom is -0.494 e. The van der Waals surface area contributed by atoms with Crippen molar-refractivity contribution in [1.82, 2.24) is 0 Å². The van der Waals surface area contributed by atoms with E-state index in [-0.39, 0.29) is 12.1 Å². The second-order valence-corrected chi connectivity index (χ2v) is 11.7. The third-order valence-electron chi connectivity index (χ3n) is 8.09. The molecule has 3 nitrogen and oxygen atoms in total. The summed E-state index contributed by atoms with van der Waals surface area (Å²) in [6.07, 6.45) is 18.0. The first-order valence-electron chi connectivity index (χ1n) is 16.7. The molecule has 3 heteroatoms. The summed E-state index contributed by atoms with van der Waals surface area (Å²) < 4.78 is 11.6. The van der Waals surface area contributed by atoms with Gasteiger partial charge in [0.25, 0.3) is 0 Å². The third kappa shape index (κ3) is 12.0. The predicted octanol–water partition coefficient (Wildman–Crippen LogP) is 11.9. The first kappa shape index (κ1) is 33.4. The van der Waals surface area contributed by atoms with Crippen LogP contribution < -0.4 is 4.74 Å². The Balaban J connectivity index is 1.41. The van der Waals surface area contributed by atoms with E-state index in [1.165, 1.54) is 75.3 Å². The number of unbranched alkanes of at least 4 members (excludes halogenated alkanes) is 12. The molecule has 0 saturated heterocycles. The fourth-order valence-corrected chi connectivity index (χ4v) is 5.42. The van der Waals surface area contributed by atoms with Gasteiger partial charge in [0.15, 0.2) is 0 Å². The van der Waals surface area contributed by atoms with E-state index >= 15 is 0 Å². The molecule has 1 atom stereocenters. The van der Waals surface area contributed by atoms with Crippen molar-refractivity contribution in [2.45, 2.75) is 123 Å². The van der Waals surface area contributed by atoms with Gasteiger partial charge < -0.3 is 9.47 Å². The average molecular weight is 571 g/mol. The van der Waals surface area contributed by atoms with E-state index in [0.29, 0.717) is 6.42 Å². The number of ether oxygens (including phenoxy) is 2. The second-order valence-electron chi connectivity index (χ2n) is 11.7. The van der Waals surface area contributed by atoms with Gasteiger partial charge in [-0.2, -0.15) is 0 Å². The van der Waals surface area contributed by atoms with E-state index in [2.05, 4.69) is 86.6 Å². The number of hydrogen-bond donors (Lipinski definition) is 0. The van der Waals surface area contributed by atoms with Gasteiger partial charge in [0.2, 0.25) is 0 Å². The molecule has 3 aromatic rings.